The van der Waals surface area contributed by atoms with Crippen LogP contribution in [0.5, 0.6) is 0 Å². The van der Waals surface area contributed by atoms with Gasteiger partial charge in [-0.3, -0.25) is 10.1 Å². The van der Waals surface area contributed by atoms with Crippen molar-refractivity contribution < 1.29 is 17.7 Å². The maximum absolute atomic E-state index is 12.9. The lowest BCUT2D eigenvalue weighted by molar-refractivity contribution is -0.385. The van der Waals surface area contributed by atoms with Gasteiger partial charge in [0.25, 0.3) is 5.69 Å². The van der Waals surface area contributed by atoms with Gasteiger partial charge < -0.3 is 0 Å². The minimum Gasteiger partial charge on any atom is -0.258 e. The van der Waals surface area contributed by atoms with Gasteiger partial charge in [-0.25, -0.2) is 17.9 Å². The highest BCUT2D eigenvalue weighted by molar-refractivity contribution is 7.89. The predicted molar refractivity (Wildman–Crippen MR) is 49.2 cm³/mol. The van der Waals surface area contributed by atoms with E-state index in [0.717, 1.165) is 0 Å². The molecule has 0 aliphatic rings. The fraction of sp³-hybridized carbons (Fsp3) is 0.143. The third-order valence-electron chi connectivity index (χ3n) is 1.80. The summed E-state index contributed by atoms with van der Waals surface area (Å²) in [5, 5.41) is 15.2. The Hall–Kier alpha value is -1.54. The first-order chi connectivity index (χ1) is 6.73. The molecule has 0 aromatic heterocycles. The van der Waals surface area contributed by atoms with Crippen molar-refractivity contribution in [2.24, 2.45) is 5.14 Å². The largest absolute Gasteiger partial charge is 0.276 e. The molecule has 8 heteroatoms. The van der Waals surface area contributed by atoms with Crippen molar-refractivity contribution in [3.05, 3.63) is 33.6 Å². The Kier molecular flexibility index (Phi) is 2.73. The fourth-order valence-corrected chi connectivity index (χ4v) is 1.93. The molecular formula is C7H7FN2O4S. The van der Waals surface area contributed by atoms with Crippen LogP contribution >= 0.6 is 0 Å². The molecular weight excluding hydrogens is 227 g/mol. The normalized spacial score (nSPS) is 11.4. The van der Waals surface area contributed by atoms with E-state index in [4.69, 9.17) is 5.14 Å². The van der Waals surface area contributed by atoms with E-state index in [1.165, 1.54) is 6.92 Å². The Bertz CT molecular complexity index is 526. The first-order valence-electron chi connectivity index (χ1n) is 3.71. The van der Waals surface area contributed by atoms with Gasteiger partial charge in [0, 0.05) is 5.56 Å². The van der Waals surface area contributed by atoms with Crippen LogP contribution in [0.25, 0.3) is 0 Å². The van der Waals surface area contributed by atoms with Gasteiger partial charge in [0.15, 0.2) is 0 Å². The summed E-state index contributed by atoms with van der Waals surface area (Å²) in [6, 6.07) is 1.29. The molecule has 1 rings (SSSR count). The van der Waals surface area contributed by atoms with Crippen molar-refractivity contribution in [2.75, 3.05) is 0 Å². The van der Waals surface area contributed by atoms with E-state index in [-0.39, 0.29) is 5.56 Å². The van der Waals surface area contributed by atoms with Crippen LogP contribution in [0.15, 0.2) is 17.0 Å². The van der Waals surface area contributed by atoms with Gasteiger partial charge >= 0.3 is 0 Å². The monoisotopic (exact) mass is 234 g/mol. The maximum atomic E-state index is 12.9. The summed E-state index contributed by atoms with van der Waals surface area (Å²) >= 11 is 0. The zero-order valence-corrected chi connectivity index (χ0v) is 8.41. The van der Waals surface area contributed by atoms with Crippen LogP contribution in [0.2, 0.25) is 0 Å². The molecule has 15 heavy (non-hydrogen) atoms. The van der Waals surface area contributed by atoms with Crippen LogP contribution in [0.3, 0.4) is 0 Å². The number of benzene rings is 1. The maximum Gasteiger partial charge on any atom is 0.276 e. The van der Waals surface area contributed by atoms with Gasteiger partial charge in [-0.1, -0.05) is 0 Å². The van der Waals surface area contributed by atoms with Crippen LogP contribution in [-0.2, 0) is 10.0 Å². The summed E-state index contributed by atoms with van der Waals surface area (Å²) in [7, 11) is -4.16. The van der Waals surface area contributed by atoms with E-state index < -0.39 is 31.3 Å². The van der Waals surface area contributed by atoms with Gasteiger partial charge in [0.2, 0.25) is 10.0 Å². The van der Waals surface area contributed by atoms with Crippen LogP contribution < -0.4 is 5.14 Å². The van der Waals surface area contributed by atoms with Gasteiger partial charge in [-0.05, 0) is 13.0 Å². The lowest BCUT2D eigenvalue weighted by atomic mass is 10.2. The molecule has 0 aliphatic carbocycles. The molecule has 0 aliphatic heterocycles. The molecule has 0 radical (unpaired) electrons. The highest BCUT2D eigenvalue weighted by Gasteiger charge is 2.22. The number of nitro groups is 1. The summed E-state index contributed by atoms with van der Waals surface area (Å²) in [4.78, 5) is 9.01. The molecule has 1 aromatic carbocycles. The van der Waals surface area contributed by atoms with Crippen molar-refractivity contribution in [3.8, 4) is 0 Å². The van der Waals surface area contributed by atoms with E-state index in [2.05, 4.69) is 0 Å². The van der Waals surface area contributed by atoms with Crippen LogP contribution in [-0.4, -0.2) is 13.3 Å². The second-order valence-corrected chi connectivity index (χ2v) is 4.38. The van der Waals surface area contributed by atoms with Crippen LogP contribution in [0.1, 0.15) is 5.56 Å². The van der Waals surface area contributed by atoms with Crippen molar-refractivity contribution in [1.29, 1.82) is 0 Å². The minimum atomic E-state index is -4.16. The fourth-order valence-electron chi connectivity index (χ4n) is 1.13. The Morgan fingerprint density at radius 2 is 2.00 bits per heavy atom. The zero-order valence-electron chi connectivity index (χ0n) is 7.60. The smallest absolute Gasteiger partial charge is 0.258 e. The number of hydrogen-bond donors (Lipinski definition) is 1. The first-order valence-corrected chi connectivity index (χ1v) is 5.25. The molecule has 2 N–H and O–H groups in total. The van der Waals surface area contributed by atoms with Crippen molar-refractivity contribution in [3.63, 3.8) is 0 Å². The molecule has 82 valence electrons. The zero-order chi connectivity index (χ0) is 11.8. The quantitative estimate of drug-likeness (QED) is 0.600. The molecule has 0 atom stereocenters. The molecule has 1 aromatic rings. The van der Waals surface area contributed by atoms with Crippen molar-refractivity contribution >= 4 is 15.7 Å². The highest BCUT2D eigenvalue weighted by atomic mass is 32.2. The molecule has 0 bridgehead atoms. The topological polar surface area (TPSA) is 103 Å². The number of nitrogens with zero attached hydrogens (tertiary/aromatic N) is 1. The lowest BCUT2D eigenvalue weighted by Crippen LogP contribution is -2.14. The number of halogens is 1. The average molecular weight is 234 g/mol. The van der Waals surface area contributed by atoms with Gasteiger partial charge in [-0.2, -0.15) is 0 Å². The number of hydrogen-bond acceptors (Lipinski definition) is 4. The summed E-state index contributed by atoms with van der Waals surface area (Å²) in [6.07, 6.45) is 0. The third-order valence-corrected chi connectivity index (χ3v) is 2.84. The molecule has 0 amide bonds. The van der Waals surface area contributed by atoms with Gasteiger partial charge in [0.1, 0.15) is 5.82 Å². The Balaban J connectivity index is 3.63. The van der Waals surface area contributed by atoms with E-state index >= 15 is 0 Å². The van der Waals surface area contributed by atoms with E-state index in [0.29, 0.717) is 12.1 Å². The molecule has 0 unspecified atom stereocenters. The van der Waals surface area contributed by atoms with Crippen LogP contribution in [0.4, 0.5) is 10.1 Å². The van der Waals surface area contributed by atoms with Gasteiger partial charge in [0.05, 0.1) is 15.9 Å². The number of rotatable bonds is 2. The molecule has 0 heterocycles. The second kappa shape index (κ2) is 3.55. The molecule has 0 saturated carbocycles. The first kappa shape index (κ1) is 11.5. The van der Waals surface area contributed by atoms with E-state index in [1.54, 1.807) is 0 Å². The molecule has 0 saturated heterocycles. The second-order valence-electron chi connectivity index (χ2n) is 2.85. The standard InChI is InChI=1S/C7H7FN2O4S/c1-4-6(10(11)12)2-5(8)3-7(4)15(9,13)14/h2-3H,1H3,(H2,9,13,14). The lowest BCUT2D eigenvalue weighted by Gasteiger charge is -2.03. The third kappa shape index (κ3) is 2.28. The van der Waals surface area contributed by atoms with Crippen molar-refractivity contribution in [2.45, 2.75) is 11.8 Å². The highest BCUT2D eigenvalue weighted by Crippen LogP contribution is 2.25. The molecule has 0 fully saturated rings. The average Bonchev–Trinajstić information content (AvgIpc) is 2.06. The van der Waals surface area contributed by atoms with Crippen molar-refractivity contribution in [1.82, 2.24) is 0 Å². The molecule has 0 spiro atoms. The number of nitro benzene ring substituents is 1. The molecule has 6 nitrogen and oxygen atoms in total. The number of primary sulfonamides is 1. The Morgan fingerprint density at radius 3 is 2.40 bits per heavy atom. The van der Waals surface area contributed by atoms with Crippen LogP contribution in [0, 0.1) is 22.9 Å². The number of sulfonamides is 1. The van der Waals surface area contributed by atoms with E-state index in [9.17, 15) is 22.9 Å². The summed E-state index contributed by atoms with van der Waals surface area (Å²) in [5.41, 5.74) is -0.789. The Labute approximate surface area is 84.7 Å². The summed E-state index contributed by atoms with van der Waals surface area (Å²) in [6.45, 7) is 1.19. The SMILES string of the molecule is Cc1c([N+](=O)[O-])cc(F)cc1S(N)(=O)=O. The predicted octanol–water partition coefficient (Wildman–Crippen LogP) is 0.690. The number of nitrogens with two attached hydrogens (primary N) is 1. The summed E-state index contributed by atoms with van der Waals surface area (Å²) in [5.74, 6) is -1.02. The Morgan fingerprint density at radius 1 is 1.47 bits per heavy atom. The van der Waals surface area contributed by atoms with Gasteiger partial charge in [-0.15, -0.1) is 0 Å². The summed E-state index contributed by atoms with van der Waals surface area (Å²) < 4.78 is 34.8. The van der Waals surface area contributed by atoms with E-state index in [1.807, 2.05) is 0 Å². The minimum absolute atomic E-state index is 0.177.